The van der Waals surface area contributed by atoms with Crippen LogP contribution in [0, 0.1) is 0 Å². The quantitative estimate of drug-likeness (QED) is 0.599. The van der Waals surface area contributed by atoms with Gasteiger partial charge in [0.1, 0.15) is 5.65 Å². The number of hydrogen-bond acceptors (Lipinski definition) is 4. The first-order valence-corrected chi connectivity index (χ1v) is 10.5. The molecule has 0 aliphatic carbocycles. The molecule has 160 valence electrons. The lowest BCUT2D eigenvalue weighted by Crippen LogP contribution is -2.30. The van der Waals surface area contributed by atoms with E-state index in [0.29, 0.717) is 25.4 Å². The number of nitrogens with two attached hydrogens (primary N) is 1. The van der Waals surface area contributed by atoms with Gasteiger partial charge in [-0.3, -0.25) is 4.79 Å². The van der Waals surface area contributed by atoms with E-state index in [-0.39, 0.29) is 12.5 Å². The molecule has 0 bridgehead atoms. The summed E-state index contributed by atoms with van der Waals surface area (Å²) in [6.07, 6.45) is 5.29. The Morgan fingerprint density at radius 3 is 2.97 bits per heavy atom. The fourth-order valence-electron chi connectivity index (χ4n) is 4.84. The zero-order valence-electron chi connectivity index (χ0n) is 17.1. The summed E-state index contributed by atoms with van der Waals surface area (Å²) in [7, 11) is 0. The van der Waals surface area contributed by atoms with Crippen LogP contribution < -0.4 is 5.73 Å². The van der Waals surface area contributed by atoms with E-state index in [0.717, 1.165) is 52.5 Å². The number of carboxylic acid groups (broad SMARTS) is 1. The molecule has 8 heteroatoms. The maximum absolute atomic E-state index is 11.8. The first kappa shape index (κ1) is 19.6. The number of hydrogen-bond donors (Lipinski definition) is 3. The Morgan fingerprint density at radius 1 is 1.29 bits per heavy atom. The summed E-state index contributed by atoms with van der Waals surface area (Å²) in [6.45, 7) is 1.71. The highest BCUT2D eigenvalue weighted by Crippen LogP contribution is 2.39. The molecule has 0 radical (unpaired) electrons. The van der Waals surface area contributed by atoms with Crippen LogP contribution in [-0.4, -0.2) is 45.1 Å². The maximum atomic E-state index is 11.8. The summed E-state index contributed by atoms with van der Waals surface area (Å²) in [4.78, 5) is 32.4. The van der Waals surface area contributed by atoms with Gasteiger partial charge in [0.05, 0.1) is 25.7 Å². The molecule has 4 N–H and O–H groups in total. The topological polar surface area (TPSA) is 122 Å². The number of rotatable bonds is 4. The van der Waals surface area contributed by atoms with Crippen LogP contribution in [-0.2, 0) is 29.0 Å². The van der Waals surface area contributed by atoms with Gasteiger partial charge < -0.3 is 25.5 Å². The number of aromatic nitrogens is 2. The highest BCUT2D eigenvalue weighted by molar-refractivity contribution is 5.89. The van der Waals surface area contributed by atoms with Gasteiger partial charge in [-0.2, -0.15) is 0 Å². The summed E-state index contributed by atoms with van der Waals surface area (Å²) in [5.41, 5.74) is 12.2. The molecule has 3 aromatic rings. The van der Waals surface area contributed by atoms with E-state index < -0.39 is 12.0 Å². The molecular formula is C23H24N4O4. The minimum absolute atomic E-state index is 0.146. The summed E-state index contributed by atoms with van der Waals surface area (Å²) in [5.74, 6) is -0.391. The van der Waals surface area contributed by atoms with Gasteiger partial charge in [0, 0.05) is 29.9 Å². The predicted molar refractivity (Wildman–Crippen MR) is 114 cm³/mol. The first-order valence-electron chi connectivity index (χ1n) is 10.5. The molecule has 1 aromatic carbocycles. The van der Waals surface area contributed by atoms with E-state index >= 15 is 0 Å². The molecule has 5 rings (SSSR count). The molecule has 2 amide bonds. The number of ether oxygens (including phenoxy) is 1. The Hall–Kier alpha value is -3.39. The second-order valence-electron chi connectivity index (χ2n) is 8.22. The normalized spacial score (nSPS) is 18.3. The Morgan fingerprint density at radius 2 is 2.16 bits per heavy atom. The third-order valence-electron chi connectivity index (χ3n) is 6.31. The number of pyridine rings is 1. The number of amides is 2. The van der Waals surface area contributed by atoms with Crippen LogP contribution in [0.1, 0.15) is 41.1 Å². The molecule has 31 heavy (non-hydrogen) atoms. The van der Waals surface area contributed by atoms with Crippen LogP contribution in [0.5, 0.6) is 0 Å². The Labute approximate surface area is 179 Å². The molecule has 0 unspecified atom stereocenters. The van der Waals surface area contributed by atoms with Gasteiger partial charge in [-0.25, -0.2) is 9.78 Å². The minimum atomic E-state index is -0.884. The number of carbonyl (C=O) groups is 2. The third kappa shape index (κ3) is 3.53. The minimum Gasteiger partial charge on any atom is -0.465 e. The monoisotopic (exact) mass is 420 g/mol. The van der Waals surface area contributed by atoms with Crippen molar-refractivity contribution in [2.45, 2.75) is 38.3 Å². The Balaban J connectivity index is 1.63. The molecule has 0 saturated carbocycles. The second kappa shape index (κ2) is 7.70. The van der Waals surface area contributed by atoms with Crippen LogP contribution in [0.25, 0.3) is 22.2 Å². The second-order valence-corrected chi connectivity index (χ2v) is 8.22. The largest absolute Gasteiger partial charge is 0.465 e. The number of nitrogens with zero attached hydrogens (tertiary/aromatic N) is 2. The summed E-state index contributed by atoms with van der Waals surface area (Å²) in [6, 6.07) is 6.10. The molecule has 8 nitrogen and oxygen atoms in total. The van der Waals surface area contributed by atoms with E-state index in [4.69, 9.17) is 10.5 Å². The molecule has 1 fully saturated rings. The Bertz CT molecular complexity index is 1190. The molecule has 2 aliphatic heterocycles. The lowest BCUT2D eigenvalue weighted by Gasteiger charge is -2.28. The van der Waals surface area contributed by atoms with Crippen molar-refractivity contribution in [2.75, 3.05) is 13.2 Å². The maximum Gasteiger partial charge on any atom is 0.407 e. The van der Waals surface area contributed by atoms with Crippen molar-refractivity contribution in [3.8, 4) is 11.1 Å². The molecule has 1 atom stereocenters. The highest BCUT2D eigenvalue weighted by atomic mass is 16.5. The molecular weight excluding hydrogens is 396 g/mol. The molecule has 2 aliphatic rings. The average molecular weight is 420 g/mol. The summed E-state index contributed by atoms with van der Waals surface area (Å²) >= 11 is 0. The van der Waals surface area contributed by atoms with Crippen molar-refractivity contribution < 1.29 is 19.4 Å². The van der Waals surface area contributed by atoms with Crippen LogP contribution in [0.3, 0.4) is 0 Å². The van der Waals surface area contributed by atoms with Crippen molar-refractivity contribution in [2.24, 2.45) is 5.73 Å². The lowest BCUT2D eigenvalue weighted by molar-refractivity contribution is -0.117. The van der Waals surface area contributed by atoms with E-state index in [1.807, 2.05) is 6.07 Å². The van der Waals surface area contributed by atoms with Gasteiger partial charge in [-0.05, 0) is 59.2 Å². The predicted octanol–water partition coefficient (Wildman–Crippen LogP) is 3.15. The van der Waals surface area contributed by atoms with E-state index in [2.05, 4.69) is 22.1 Å². The van der Waals surface area contributed by atoms with Gasteiger partial charge in [0.2, 0.25) is 5.91 Å². The van der Waals surface area contributed by atoms with Crippen LogP contribution in [0.4, 0.5) is 4.79 Å². The van der Waals surface area contributed by atoms with Gasteiger partial charge in [-0.1, -0.05) is 6.07 Å². The number of carbonyl (C=O) groups excluding carboxylic acids is 1. The van der Waals surface area contributed by atoms with Crippen LogP contribution in [0.2, 0.25) is 0 Å². The lowest BCUT2D eigenvalue weighted by atomic mass is 9.88. The smallest absolute Gasteiger partial charge is 0.407 e. The van der Waals surface area contributed by atoms with Crippen molar-refractivity contribution >= 4 is 23.0 Å². The van der Waals surface area contributed by atoms with Crippen molar-refractivity contribution in [3.05, 3.63) is 52.8 Å². The molecule has 0 spiro atoms. The van der Waals surface area contributed by atoms with E-state index in [9.17, 15) is 14.7 Å². The van der Waals surface area contributed by atoms with Crippen molar-refractivity contribution in [1.29, 1.82) is 0 Å². The number of primary amides is 1. The number of aromatic amines is 1. The molecule has 2 aromatic heterocycles. The fourth-order valence-corrected chi connectivity index (χ4v) is 4.84. The number of H-pyrrole nitrogens is 1. The van der Waals surface area contributed by atoms with Crippen molar-refractivity contribution in [3.63, 3.8) is 0 Å². The van der Waals surface area contributed by atoms with E-state index in [1.54, 1.807) is 12.4 Å². The molecule has 1 saturated heterocycles. The fraction of sp³-hybridized carbons (Fsp3) is 0.348. The zero-order valence-corrected chi connectivity index (χ0v) is 17.1. The molecule has 4 heterocycles. The number of likely N-dealkylation sites (tertiary alicyclic amines) is 1. The van der Waals surface area contributed by atoms with Gasteiger partial charge in [0.15, 0.2) is 0 Å². The van der Waals surface area contributed by atoms with Crippen molar-refractivity contribution in [1.82, 2.24) is 14.9 Å². The van der Waals surface area contributed by atoms with Gasteiger partial charge in [-0.15, -0.1) is 0 Å². The van der Waals surface area contributed by atoms with Gasteiger partial charge in [0.25, 0.3) is 0 Å². The highest BCUT2D eigenvalue weighted by Gasteiger charge is 2.33. The average Bonchev–Trinajstić information content (AvgIpc) is 3.40. The third-order valence-corrected chi connectivity index (χ3v) is 6.31. The number of nitrogens with one attached hydrogen (secondary N) is 1. The number of fused-ring (bicyclic) bond motifs is 2. The standard InChI is InChI=1S/C23H24N4O4/c24-21(28)9-16-11-26-22-17(16)8-15(10-25-22)14-6-13-3-5-31-12-19(13)18(7-14)20-2-1-4-27(20)23(29)30/h6-8,10-11,20H,1-5,9,12H2,(H2,24,28)(H,25,26)(H,29,30)/t20-/m0/s1. The summed E-state index contributed by atoms with van der Waals surface area (Å²) in [5, 5.41) is 10.5. The SMILES string of the molecule is NC(=O)Cc1c[nH]c2ncc(-c3cc4c(c([C@@H]5CCCN5C(=O)O)c3)COCC4)cc12. The summed E-state index contributed by atoms with van der Waals surface area (Å²) < 4.78 is 5.71. The van der Waals surface area contributed by atoms with E-state index in [1.165, 1.54) is 10.5 Å². The van der Waals surface area contributed by atoms with Gasteiger partial charge >= 0.3 is 6.09 Å². The van der Waals surface area contributed by atoms with Crippen LogP contribution in [0.15, 0.2) is 30.6 Å². The number of benzene rings is 1. The first-order chi connectivity index (χ1) is 15.0. The Kier molecular flexibility index (Phi) is 4.86. The van der Waals surface area contributed by atoms with Crippen LogP contribution >= 0.6 is 0 Å². The zero-order chi connectivity index (χ0) is 21.5.